The number of nitrogens with one attached hydrogen (secondary N) is 1. The molecule has 1 atom stereocenters. The van der Waals surface area contributed by atoms with Gasteiger partial charge >= 0.3 is 12.0 Å². The van der Waals surface area contributed by atoms with Gasteiger partial charge in [0.2, 0.25) is 5.91 Å². The number of imide groups is 1. The summed E-state index contributed by atoms with van der Waals surface area (Å²) in [5, 5.41) is 2.72. The van der Waals surface area contributed by atoms with E-state index < -0.39 is 29.9 Å². The predicted molar refractivity (Wildman–Crippen MR) is 137 cm³/mol. The Morgan fingerprint density at radius 2 is 1.70 bits per heavy atom. The van der Waals surface area contributed by atoms with E-state index in [1.807, 2.05) is 6.07 Å². The Kier molecular flexibility index (Phi) is 7.83. The third-order valence-electron chi connectivity index (χ3n) is 5.86. The van der Waals surface area contributed by atoms with Crippen LogP contribution in [0.5, 0.6) is 5.75 Å². The molecule has 0 spiro atoms. The molecule has 4 amide bonds. The van der Waals surface area contributed by atoms with Crippen LogP contribution in [-0.2, 0) is 20.9 Å². The Morgan fingerprint density at radius 1 is 0.946 bits per heavy atom. The largest absolute Gasteiger partial charge is 0.497 e. The van der Waals surface area contributed by atoms with Crippen LogP contribution in [0.1, 0.15) is 29.3 Å². The topological polar surface area (TPSA) is 105 Å². The smallest absolute Gasteiger partial charge is 0.338 e. The maximum absolute atomic E-state index is 13.4. The first-order valence-corrected chi connectivity index (χ1v) is 11.8. The van der Waals surface area contributed by atoms with E-state index in [0.717, 1.165) is 10.5 Å². The molecule has 0 saturated carbocycles. The van der Waals surface area contributed by atoms with Gasteiger partial charge in [0, 0.05) is 12.2 Å². The predicted octanol–water partition coefficient (Wildman–Crippen LogP) is 4.24. The fourth-order valence-electron chi connectivity index (χ4n) is 4.12. The minimum atomic E-state index is -1.02. The monoisotopic (exact) mass is 501 g/mol. The highest BCUT2D eigenvalue weighted by molar-refractivity contribution is 6.22. The zero-order valence-corrected chi connectivity index (χ0v) is 20.5. The Hall–Kier alpha value is -4.66. The molecule has 1 heterocycles. The molecule has 0 radical (unpaired) electrons. The molecule has 9 nitrogen and oxygen atoms in total. The van der Waals surface area contributed by atoms with Gasteiger partial charge in [-0.05, 0) is 55.0 Å². The number of nitrogens with zero attached hydrogens (tertiary/aromatic N) is 2. The minimum Gasteiger partial charge on any atom is -0.497 e. The fraction of sp³-hybridized carbons (Fsp3) is 0.214. The number of esters is 1. The second kappa shape index (κ2) is 11.4. The number of carbonyl (C=O) groups is 4. The summed E-state index contributed by atoms with van der Waals surface area (Å²) in [6, 6.07) is 20.6. The molecule has 1 N–H and O–H groups in total. The third-order valence-corrected chi connectivity index (χ3v) is 5.86. The van der Waals surface area contributed by atoms with Crippen LogP contribution >= 0.6 is 0 Å². The summed E-state index contributed by atoms with van der Waals surface area (Å²) < 4.78 is 10.3. The first kappa shape index (κ1) is 25.4. The molecule has 4 rings (SSSR count). The number of ether oxygens (including phenoxy) is 2. The summed E-state index contributed by atoms with van der Waals surface area (Å²) in [6.45, 7) is 2.05. The van der Waals surface area contributed by atoms with Gasteiger partial charge in [0.25, 0.3) is 5.91 Å². The number of carbonyl (C=O) groups excluding carboxylic acids is 4. The van der Waals surface area contributed by atoms with Gasteiger partial charge in [0.05, 0.1) is 31.4 Å². The molecule has 0 aromatic heterocycles. The average molecular weight is 502 g/mol. The Bertz CT molecular complexity index is 1310. The molecule has 0 aliphatic carbocycles. The van der Waals surface area contributed by atoms with Gasteiger partial charge in [-0.25, -0.2) is 14.5 Å². The first-order chi connectivity index (χ1) is 17.9. The van der Waals surface area contributed by atoms with E-state index in [1.165, 1.54) is 11.0 Å². The summed E-state index contributed by atoms with van der Waals surface area (Å²) in [4.78, 5) is 54.4. The molecular formula is C28H27N3O6. The minimum absolute atomic E-state index is 0.112. The molecule has 37 heavy (non-hydrogen) atoms. The second-order valence-corrected chi connectivity index (χ2v) is 8.34. The van der Waals surface area contributed by atoms with Gasteiger partial charge in [-0.2, -0.15) is 0 Å². The number of para-hydroxylation sites is 1. The standard InChI is InChI=1S/C28H27N3O6/c1-3-37-27(34)20-10-8-11-21(16-20)29-25(32)17-24-26(33)31(22-12-5-4-6-13-22)28(35)30(24)18-19-9-7-14-23(15-19)36-2/h4-16,24H,3,17-18H2,1-2H3,(H,29,32)/t24-/m0/s1. The van der Waals surface area contributed by atoms with Crippen molar-refractivity contribution < 1.29 is 28.7 Å². The highest BCUT2D eigenvalue weighted by Gasteiger charge is 2.46. The normalized spacial score (nSPS) is 15.0. The molecule has 3 aromatic rings. The average Bonchev–Trinajstić information content (AvgIpc) is 3.13. The van der Waals surface area contributed by atoms with E-state index in [-0.39, 0.29) is 19.6 Å². The molecule has 9 heteroatoms. The van der Waals surface area contributed by atoms with Crippen LogP contribution in [0, 0.1) is 0 Å². The summed E-state index contributed by atoms with van der Waals surface area (Å²) >= 11 is 0. The maximum Gasteiger partial charge on any atom is 0.338 e. The Morgan fingerprint density at radius 3 is 2.43 bits per heavy atom. The molecule has 1 saturated heterocycles. The number of hydrogen-bond donors (Lipinski definition) is 1. The van der Waals surface area contributed by atoms with Gasteiger partial charge in [-0.15, -0.1) is 0 Å². The summed E-state index contributed by atoms with van der Waals surface area (Å²) in [5.74, 6) is -0.850. The second-order valence-electron chi connectivity index (χ2n) is 8.34. The van der Waals surface area contributed by atoms with Crippen LogP contribution in [0.2, 0.25) is 0 Å². The lowest BCUT2D eigenvalue weighted by molar-refractivity contribution is -0.124. The van der Waals surface area contributed by atoms with Crippen molar-refractivity contribution in [3.63, 3.8) is 0 Å². The quantitative estimate of drug-likeness (QED) is 0.347. The number of urea groups is 1. The van der Waals surface area contributed by atoms with Crippen molar-refractivity contribution in [2.45, 2.75) is 25.9 Å². The van der Waals surface area contributed by atoms with E-state index >= 15 is 0 Å². The van der Waals surface area contributed by atoms with Crippen molar-refractivity contribution in [3.8, 4) is 5.75 Å². The number of methoxy groups -OCH3 is 1. The van der Waals surface area contributed by atoms with Crippen LogP contribution in [0.25, 0.3) is 0 Å². The SMILES string of the molecule is CCOC(=O)c1cccc(NC(=O)C[C@H]2C(=O)N(c3ccccc3)C(=O)N2Cc2cccc(OC)c2)c1. The first-order valence-electron chi connectivity index (χ1n) is 11.8. The van der Waals surface area contributed by atoms with Gasteiger partial charge in [-0.3, -0.25) is 9.59 Å². The Balaban J connectivity index is 1.57. The Labute approximate surface area is 214 Å². The molecule has 1 aliphatic rings. The molecule has 0 unspecified atom stereocenters. The number of anilines is 2. The van der Waals surface area contributed by atoms with Gasteiger partial charge in [0.1, 0.15) is 11.8 Å². The van der Waals surface area contributed by atoms with E-state index in [0.29, 0.717) is 22.7 Å². The van der Waals surface area contributed by atoms with Gasteiger partial charge in [0.15, 0.2) is 0 Å². The number of hydrogen-bond acceptors (Lipinski definition) is 6. The summed E-state index contributed by atoms with van der Waals surface area (Å²) in [7, 11) is 1.55. The molecule has 3 aromatic carbocycles. The highest BCUT2D eigenvalue weighted by Crippen LogP contribution is 2.29. The van der Waals surface area contributed by atoms with Crippen molar-refractivity contribution in [2.24, 2.45) is 0 Å². The van der Waals surface area contributed by atoms with Crippen molar-refractivity contribution in [1.82, 2.24) is 4.90 Å². The van der Waals surface area contributed by atoms with Crippen molar-refractivity contribution >= 4 is 35.2 Å². The van der Waals surface area contributed by atoms with E-state index in [9.17, 15) is 19.2 Å². The maximum atomic E-state index is 13.4. The highest BCUT2D eigenvalue weighted by atomic mass is 16.5. The van der Waals surface area contributed by atoms with E-state index in [1.54, 1.807) is 80.8 Å². The number of rotatable bonds is 9. The van der Waals surface area contributed by atoms with Gasteiger partial charge < -0.3 is 19.7 Å². The van der Waals surface area contributed by atoms with Crippen molar-refractivity contribution in [2.75, 3.05) is 23.9 Å². The van der Waals surface area contributed by atoms with Crippen LogP contribution in [0.3, 0.4) is 0 Å². The molecule has 1 fully saturated rings. The fourth-order valence-corrected chi connectivity index (χ4v) is 4.12. The lowest BCUT2D eigenvalue weighted by Crippen LogP contribution is -2.37. The lowest BCUT2D eigenvalue weighted by atomic mass is 10.1. The molecule has 1 aliphatic heterocycles. The molecular weight excluding hydrogens is 474 g/mol. The van der Waals surface area contributed by atoms with Crippen LogP contribution in [0.4, 0.5) is 16.2 Å². The zero-order valence-electron chi connectivity index (χ0n) is 20.5. The lowest BCUT2D eigenvalue weighted by Gasteiger charge is -2.22. The molecule has 190 valence electrons. The van der Waals surface area contributed by atoms with E-state index in [4.69, 9.17) is 9.47 Å². The van der Waals surface area contributed by atoms with Crippen LogP contribution in [0.15, 0.2) is 78.9 Å². The van der Waals surface area contributed by atoms with Crippen molar-refractivity contribution in [1.29, 1.82) is 0 Å². The number of benzene rings is 3. The van der Waals surface area contributed by atoms with Crippen LogP contribution < -0.4 is 15.0 Å². The number of amides is 4. The van der Waals surface area contributed by atoms with Crippen LogP contribution in [-0.4, -0.2) is 48.5 Å². The third kappa shape index (κ3) is 5.78. The zero-order chi connectivity index (χ0) is 26.4. The summed E-state index contributed by atoms with van der Waals surface area (Å²) in [6.07, 6.45) is -0.262. The van der Waals surface area contributed by atoms with Gasteiger partial charge in [-0.1, -0.05) is 36.4 Å². The van der Waals surface area contributed by atoms with E-state index in [2.05, 4.69) is 5.32 Å². The molecule has 0 bridgehead atoms. The summed E-state index contributed by atoms with van der Waals surface area (Å²) in [5.41, 5.74) is 1.86. The van der Waals surface area contributed by atoms with Crippen molar-refractivity contribution in [3.05, 3.63) is 90.0 Å².